The first-order valence-electron chi connectivity index (χ1n) is 7.83. The van der Waals surface area contributed by atoms with E-state index in [0.717, 1.165) is 40.1 Å². The lowest BCUT2D eigenvalue weighted by atomic mass is 10.1. The van der Waals surface area contributed by atoms with Gasteiger partial charge in [-0.3, -0.25) is 15.1 Å². The summed E-state index contributed by atoms with van der Waals surface area (Å²) >= 11 is 5.06. The highest BCUT2D eigenvalue weighted by Crippen LogP contribution is 2.22. The highest BCUT2D eigenvalue weighted by molar-refractivity contribution is 9.10. The van der Waals surface area contributed by atoms with Gasteiger partial charge in [-0.2, -0.15) is 0 Å². The molecule has 0 radical (unpaired) electrons. The maximum absolute atomic E-state index is 12.7. The van der Waals surface area contributed by atoms with Gasteiger partial charge in [0.15, 0.2) is 5.17 Å². The number of carbonyl (C=O) groups excluding carboxylic acids is 1. The maximum atomic E-state index is 12.7. The Balaban J connectivity index is 2.06. The van der Waals surface area contributed by atoms with E-state index in [4.69, 9.17) is 4.99 Å². The van der Waals surface area contributed by atoms with Gasteiger partial charge < -0.3 is 0 Å². The van der Waals surface area contributed by atoms with Crippen molar-refractivity contribution < 1.29 is 4.79 Å². The number of rotatable bonds is 4. The van der Waals surface area contributed by atoms with E-state index in [1.807, 2.05) is 18.2 Å². The number of nitrogens with one attached hydrogen (secondary N) is 1. The molecule has 0 spiro atoms. The Morgan fingerprint density at radius 2 is 2.22 bits per heavy atom. The van der Waals surface area contributed by atoms with Gasteiger partial charge in [0.25, 0.3) is 5.91 Å². The predicted molar refractivity (Wildman–Crippen MR) is 97.2 cm³/mol. The van der Waals surface area contributed by atoms with Crippen molar-refractivity contribution >= 4 is 44.5 Å². The molecule has 0 aromatic heterocycles. The number of halogens is 1. The lowest BCUT2D eigenvalue weighted by Gasteiger charge is -2.33. The van der Waals surface area contributed by atoms with Crippen molar-refractivity contribution in [3.8, 4) is 0 Å². The van der Waals surface area contributed by atoms with E-state index in [0.29, 0.717) is 10.9 Å². The molecular weight excluding hydrogens is 376 g/mol. The van der Waals surface area contributed by atoms with E-state index < -0.39 is 0 Å². The molecule has 2 aliphatic heterocycles. The van der Waals surface area contributed by atoms with Crippen molar-refractivity contribution in [2.45, 2.75) is 39.3 Å². The van der Waals surface area contributed by atoms with Gasteiger partial charge in [-0.15, -0.1) is 5.10 Å². The Morgan fingerprint density at radius 3 is 2.96 bits per heavy atom. The minimum absolute atomic E-state index is 0.105. The van der Waals surface area contributed by atoms with E-state index >= 15 is 0 Å². The third kappa shape index (κ3) is 3.30. The molecule has 5 nitrogen and oxygen atoms in total. The smallest absolute Gasteiger partial charge is 0.276 e. The van der Waals surface area contributed by atoms with Crippen LogP contribution in [-0.2, 0) is 4.79 Å². The molecule has 1 aromatic rings. The average Bonchev–Trinajstić information content (AvgIpc) is 2.54. The summed E-state index contributed by atoms with van der Waals surface area (Å²) in [6, 6.07) is 5.81. The lowest BCUT2D eigenvalue weighted by molar-refractivity contribution is -0.116. The highest BCUT2D eigenvalue weighted by atomic mass is 79.9. The molecule has 0 aliphatic carbocycles. The zero-order valence-electron chi connectivity index (χ0n) is 13.2. The van der Waals surface area contributed by atoms with Crippen molar-refractivity contribution in [2.24, 2.45) is 10.1 Å². The van der Waals surface area contributed by atoms with Crippen LogP contribution in [0.2, 0.25) is 0 Å². The summed E-state index contributed by atoms with van der Waals surface area (Å²) in [7, 11) is 0. The second kappa shape index (κ2) is 7.05. The summed E-state index contributed by atoms with van der Waals surface area (Å²) in [5, 5.41) is 11.7. The van der Waals surface area contributed by atoms with Gasteiger partial charge in [0.2, 0.25) is 0 Å². The first kappa shape index (κ1) is 16.5. The molecule has 1 aromatic carbocycles. The van der Waals surface area contributed by atoms with E-state index in [1.54, 1.807) is 16.8 Å². The summed E-state index contributed by atoms with van der Waals surface area (Å²) in [6.45, 7) is 4.21. The number of carbonyl (C=O) groups is 1. The number of benzene rings is 1. The minimum Gasteiger partial charge on any atom is -0.298 e. The van der Waals surface area contributed by atoms with Crippen LogP contribution in [0.3, 0.4) is 0 Å². The normalized spacial score (nSPS) is 19.5. The standard InChI is InChI=1S/C16H19BrN4OS/c1-3-5-8-23-16-19-15(22)14-11-9-10(17)6-7-12(11)18-13(4-2)21(14)20-16/h6-7,9,13H,3-5,8H2,1-2H3,(H,19,20,22)/t13-/m0/s1. The molecular formula is C16H19BrN4OS. The predicted octanol–water partition coefficient (Wildman–Crippen LogP) is 2.16. The Kier molecular flexibility index (Phi) is 5.06. The first-order chi connectivity index (χ1) is 11.1. The van der Waals surface area contributed by atoms with Gasteiger partial charge in [-0.1, -0.05) is 48.0 Å². The molecule has 2 aliphatic rings. The molecule has 0 saturated heterocycles. The molecule has 0 bridgehead atoms. The third-order valence-electron chi connectivity index (χ3n) is 3.75. The van der Waals surface area contributed by atoms with Crippen LogP contribution in [0, 0.1) is 0 Å². The molecule has 0 saturated carbocycles. The van der Waals surface area contributed by atoms with Crippen molar-refractivity contribution in [3.63, 3.8) is 0 Å². The number of amides is 1. The maximum Gasteiger partial charge on any atom is 0.276 e. The van der Waals surface area contributed by atoms with Crippen LogP contribution in [0.5, 0.6) is 0 Å². The largest absolute Gasteiger partial charge is 0.298 e. The molecule has 1 atom stereocenters. The zero-order valence-corrected chi connectivity index (χ0v) is 15.6. The lowest BCUT2D eigenvalue weighted by Crippen LogP contribution is -2.52. The Morgan fingerprint density at radius 1 is 1.39 bits per heavy atom. The average molecular weight is 395 g/mol. The summed E-state index contributed by atoms with van der Waals surface area (Å²) in [4.78, 5) is 17.4. The van der Waals surface area contributed by atoms with Gasteiger partial charge in [0.1, 0.15) is 11.9 Å². The molecule has 2 heterocycles. The molecule has 1 amide bonds. The number of hydrogen-bond acceptors (Lipinski definition) is 5. The van der Waals surface area contributed by atoms with E-state index in [1.165, 1.54) is 0 Å². The molecule has 23 heavy (non-hydrogen) atoms. The second-order valence-electron chi connectivity index (χ2n) is 5.43. The number of nitrogens with zero attached hydrogens (tertiary/aromatic N) is 3. The summed E-state index contributed by atoms with van der Waals surface area (Å²) in [6.07, 6.45) is 2.89. The molecule has 3 rings (SSSR count). The Hall–Kier alpha value is -1.34. The molecule has 1 N–H and O–H groups in total. The highest BCUT2D eigenvalue weighted by Gasteiger charge is 2.32. The number of amidine groups is 1. The van der Waals surface area contributed by atoms with Crippen LogP contribution >= 0.6 is 27.7 Å². The quantitative estimate of drug-likeness (QED) is 0.795. The number of unbranched alkanes of at least 4 members (excludes halogenated alkanes) is 1. The number of fused-ring (bicyclic) bond motifs is 2. The van der Waals surface area contributed by atoms with Crippen molar-refractivity contribution in [3.05, 3.63) is 33.2 Å². The van der Waals surface area contributed by atoms with Gasteiger partial charge >= 0.3 is 0 Å². The zero-order chi connectivity index (χ0) is 16.4. The van der Waals surface area contributed by atoms with E-state index in [2.05, 4.69) is 40.2 Å². The van der Waals surface area contributed by atoms with Crippen LogP contribution in [0.15, 0.2) is 32.8 Å². The fourth-order valence-electron chi connectivity index (χ4n) is 2.56. The topological polar surface area (TPSA) is 57.1 Å². The van der Waals surface area contributed by atoms with E-state index in [-0.39, 0.29) is 12.1 Å². The summed E-state index contributed by atoms with van der Waals surface area (Å²) in [5.74, 6) is 0.848. The Bertz CT molecular complexity index is 777. The summed E-state index contributed by atoms with van der Waals surface area (Å²) in [5.41, 5.74) is 0.586. The monoisotopic (exact) mass is 394 g/mol. The first-order valence-corrected chi connectivity index (χ1v) is 9.61. The molecule has 0 unspecified atom stereocenters. The van der Waals surface area contributed by atoms with Crippen LogP contribution in [-0.4, -0.2) is 28.0 Å². The molecule has 122 valence electrons. The summed E-state index contributed by atoms with van der Waals surface area (Å²) < 4.78 is 0.925. The fraction of sp³-hybridized carbons (Fsp3) is 0.438. The Labute approximate surface area is 148 Å². The van der Waals surface area contributed by atoms with Crippen molar-refractivity contribution in [1.82, 2.24) is 10.3 Å². The van der Waals surface area contributed by atoms with Crippen LogP contribution in [0.25, 0.3) is 5.70 Å². The number of thioether (sulfide) groups is 1. The molecule has 7 heteroatoms. The van der Waals surface area contributed by atoms with E-state index in [9.17, 15) is 4.79 Å². The van der Waals surface area contributed by atoms with Crippen LogP contribution < -0.4 is 15.9 Å². The van der Waals surface area contributed by atoms with Gasteiger partial charge in [0.05, 0.1) is 5.36 Å². The van der Waals surface area contributed by atoms with Crippen molar-refractivity contribution in [2.75, 3.05) is 5.75 Å². The third-order valence-corrected chi connectivity index (χ3v) is 5.19. The number of hydrazone groups is 1. The molecule has 0 fully saturated rings. The minimum atomic E-state index is -0.133. The van der Waals surface area contributed by atoms with Gasteiger partial charge in [-0.05, 0) is 31.0 Å². The van der Waals surface area contributed by atoms with Crippen LogP contribution in [0.4, 0.5) is 0 Å². The number of hydrogen-bond donors (Lipinski definition) is 1. The van der Waals surface area contributed by atoms with Gasteiger partial charge in [-0.25, -0.2) is 5.01 Å². The SMILES string of the molecule is CCCCSC1=NN2C(=c3cc(Br)ccc3=N[C@@H]2CC)C(=O)N1. The second-order valence-corrected chi connectivity index (χ2v) is 7.43. The van der Waals surface area contributed by atoms with Gasteiger partial charge in [0, 0.05) is 15.4 Å². The van der Waals surface area contributed by atoms with Crippen LogP contribution in [0.1, 0.15) is 33.1 Å². The fourth-order valence-corrected chi connectivity index (χ4v) is 3.86. The van der Waals surface area contributed by atoms with Crippen molar-refractivity contribution in [1.29, 1.82) is 0 Å².